The van der Waals surface area contributed by atoms with Gasteiger partial charge in [0.2, 0.25) is 0 Å². The Hall–Kier alpha value is -0.670. The molecule has 1 N–H and O–H groups in total. The van der Waals surface area contributed by atoms with E-state index in [9.17, 15) is 0 Å². The van der Waals surface area contributed by atoms with Gasteiger partial charge >= 0.3 is 0 Å². The summed E-state index contributed by atoms with van der Waals surface area (Å²) in [6, 6.07) is 8.43. The molecule has 1 aromatic carbocycles. The Morgan fingerprint density at radius 2 is 2.19 bits per heavy atom. The van der Waals surface area contributed by atoms with E-state index in [0.29, 0.717) is 6.04 Å². The molecule has 1 aliphatic rings. The third-order valence-electron chi connectivity index (χ3n) is 2.56. The van der Waals surface area contributed by atoms with Crippen LogP contribution in [0.3, 0.4) is 0 Å². The summed E-state index contributed by atoms with van der Waals surface area (Å²) in [6.07, 6.45) is 1.16. The van der Waals surface area contributed by atoms with E-state index in [0.717, 1.165) is 28.9 Å². The van der Waals surface area contributed by atoms with Gasteiger partial charge in [-0.15, -0.1) is 0 Å². The normalized spacial score (nSPS) is 22.4. The smallest absolute Gasteiger partial charge is 0.157 e. The van der Waals surface area contributed by atoms with Crippen LogP contribution in [-0.4, -0.2) is 17.0 Å². The number of benzene rings is 1. The van der Waals surface area contributed by atoms with Gasteiger partial charge in [-0.05, 0) is 24.1 Å². The Balaban J connectivity index is 1.91. The van der Waals surface area contributed by atoms with E-state index in [2.05, 4.69) is 17.2 Å². The predicted molar refractivity (Wildman–Crippen MR) is 72.3 cm³/mol. The molecule has 1 saturated heterocycles. The molecule has 0 amide bonds. The van der Waals surface area contributed by atoms with Crippen molar-refractivity contribution in [2.45, 2.75) is 25.9 Å². The fourth-order valence-electron chi connectivity index (χ4n) is 1.50. The summed E-state index contributed by atoms with van der Waals surface area (Å²) in [5.74, 6) is 1.13. The number of aliphatic imine (C=N–C) groups is 1. The Bertz CT molecular complexity index is 375. The van der Waals surface area contributed by atoms with E-state index in [4.69, 9.17) is 11.6 Å². The fraction of sp³-hybridized carbons (Fsp3) is 0.417. The molecule has 1 fully saturated rings. The lowest BCUT2D eigenvalue weighted by atomic mass is 10.2. The summed E-state index contributed by atoms with van der Waals surface area (Å²) < 4.78 is 0. The van der Waals surface area contributed by atoms with Gasteiger partial charge in [-0.3, -0.25) is 4.99 Å². The molecule has 1 aliphatic heterocycles. The molecule has 2 nitrogen and oxygen atoms in total. The minimum atomic E-state index is 0.592. The van der Waals surface area contributed by atoms with E-state index in [1.165, 1.54) is 5.56 Å². The van der Waals surface area contributed by atoms with Crippen molar-refractivity contribution in [3.63, 3.8) is 0 Å². The lowest BCUT2D eigenvalue weighted by Crippen LogP contribution is -2.25. The van der Waals surface area contributed by atoms with Crippen LogP contribution >= 0.6 is 23.4 Å². The fourth-order valence-corrected chi connectivity index (χ4v) is 2.71. The van der Waals surface area contributed by atoms with Crippen molar-refractivity contribution in [3.8, 4) is 0 Å². The van der Waals surface area contributed by atoms with Crippen LogP contribution in [-0.2, 0) is 6.54 Å². The highest BCUT2D eigenvalue weighted by atomic mass is 35.5. The number of amidine groups is 1. The van der Waals surface area contributed by atoms with E-state index in [1.807, 2.05) is 36.0 Å². The van der Waals surface area contributed by atoms with Gasteiger partial charge in [-0.2, -0.15) is 0 Å². The maximum Gasteiger partial charge on any atom is 0.157 e. The van der Waals surface area contributed by atoms with Gasteiger partial charge in [0, 0.05) is 16.8 Å². The second kappa shape index (κ2) is 5.60. The van der Waals surface area contributed by atoms with Crippen LogP contribution in [0.2, 0.25) is 5.02 Å². The van der Waals surface area contributed by atoms with Gasteiger partial charge in [0.05, 0.1) is 6.54 Å². The van der Waals surface area contributed by atoms with Crippen molar-refractivity contribution in [1.82, 2.24) is 5.32 Å². The van der Waals surface area contributed by atoms with Gasteiger partial charge in [0.1, 0.15) is 0 Å². The summed E-state index contributed by atoms with van der Waals surface area (Å²) in [6.45, 7) is 2.92. The quantitative estimate of drug-likeness (QED) is 0.895. The van der Waals surface area contributed by atoms with Crippen molar-refractivity contribution >= 4 is 28.5 Å². The van der Waals surface area contributed by atoms with Crippen LogP contribution in [0.5, 0.6) is 0 Å². The predicted octanol–water partition coefficient (Wildman–Crippen LogP) is 3.31. The highest BCUT2D eigenvalue weighted by Gasteiger charge is 2.17. The SMILES string of the molecule is CCC1CSC(=NCc2ccc(Cl)cc2)N1. The van der Waals surface area contributed by atoms with E-state index in [1.54, 1.807) is 0 Å². The second-order valence-corrected chi connectivity index (χ2v) is 5.25. The zero-order valence-electron chi connectivity index (χ0n) is 9.24. The molecule has 0 saturated carbocycles. The summed E-state index contributed by atoms with van der Waals surface area (Å²) in [7, 11) is 0. The number of hydrogen-bond acceptors (Lipinski definition) is 2. The Morgan fingerprint density at radius 3 is 2.81 bits per heavy atom. The monoisotopic (exact) mass is 254 g/mol. The first-order valence-corrected chi connectivity index (χ1v) is 6.82. The van der Waals surface area contributed by atoms with Gasteiger partial charge in [0.25, 0.3) is 0 Å². The van der Waals surface area contributed by atoms with Crippen LogP contribution in [0, 0.1) is 0 Å². The van der Waals surface area contributed by atoms with E-state index >= 15 is 0 Å². The van der Waals surface area contributed by atoms with Gasteiger partial charge < -0.3 is 5.32 Å². The van der Waals surface area contributed by atoms with Crippen LogP contribution < -0.4 is 5.32 Å². The highest BCUT2D eigenvalue weighted by molar-refractivity contribution is 8.14. The summed E-state index contributed by atoms with van der Waals surface area (Å²) in [5.41, 5.74) is 1.19. The Labute approximate surface area is 105 Å². The molecule has 0 aliphatic carbocycles. The molecule has 1 unspecified atom stereocenters. The largest absolute Gasteiger partial charge is 0.361 e. The van der Waals surface area contributed by atoms with Gasteiger partial charge in [0.15, 0.2) is 5.17 Å². The molecule has 1 aromatic rings. The van der Waals surface area contributed by atoms with Crippen LogP contribution in [0.25, 0.3) is 0 Å². The van der Waals surface area contributed by atoms with Crippen LogP contribution in [0.1, 0.15) is 18.9 Å². The molecular weight excluding hydrogens is 240 g/mol. The molecule has 1 heterocycles. The molecule has 16 heavy (non-hydrogen) atoms. The number of halogens is 1. The molecule has 0 radical (unpaired) electrons. The number of thioether (sulfide) groups is 1. The summed E-state index contributed by atoms with van der Waals surface area (Å²) >= 11 is 7.63. The third kappa shape index (κ3) is 3.16. The minimum Gasteiger partial charge on any atom is -0.361 e. The van der Waals surface area contributed by atoms with Crippen molar-refractivity contribution in [3.05, 3.63) is 34.9 Å². The minimum absolute atomic E-state index is 0.592. The van der Waals surface area contributed by atoms with Crippen molar-refractivity contribution in [2.75, 3.05) is 5.75 Å². The molecule has 0 spiro atoms. The molecule has 86 valence electrons. The van der Waals surface area contributed by atoms with Crippen molar-refractivity contribution in [2.24, 2.45) is 4.99 Å². The number of nitrogens with one attached hydrogen (secondary N) is 1. The first-order valence-electron chi connectivity index (χ1n) is 5.46. The first kappa shape index (κ1) is 11.8. The van der Waals surface area contributed by atoms with Crippen molar-refractivity contribution < 1.29 is 0 Å². The average Bonchev–Trinajstić information content (AvgIpc) is 2.76. The first-order chi connectivity index (χ1) is 7.78. The molecule has 0 aromatic heterocycles. The number of rotatable bonds is 3. The van der Waals surface area contributed by atoms with Crippen LogP contribution in [0.15, 0.2) is 29.3 Å². The molecule has 0 bridgehead atoms. The highest BCUT2D eigenvalue weighted by Crippen LogP contribution is 2.17. The van der Waals surface area contributed by atoms with E-state index < -0.39 is 0 Å². The van der Waals surface area contributed by atoms with Crippen LogP contribution in [0.4, 0.5) is 0 Å². The molecule has 4 heteroatoms. The van der Waals surface area contributed by atoms with Gasteiger partial charge in [-0.1, -0.05) is 42.4 Å². The summed E-state index contributed by atoms with van der Waals surface area (Å²) in [5, 5.41) is 5.25. The van der Waals surface area contributed by atoms with Crippen molar-refractivity contribution in [1.29, 1.82) is 0 Å². The van der Waals surface area contributed by atoms with E-state index in [-0.39, 0.29) is 0 Å². The zero-order chi connectivity index (χ0) is 11.4. The standard InChI is InChI=1S/C12H15ClN2S/c1-2-11-8-16-12(15-11)14-7-9-3-5-10(13)6-4-9/h3-6,11H,2,7-8H2,1H3,(H,14,15). The molecule has 2 rings (SSSR count). The lowest BCUT2D eigenvalue weighted by molar-refractivity contribution is 0.667. The lowest BCUT2D eigenvalue weighted by Gasteiger charge is -2.04. The molecular formula is C12H15ClN2S. The Morgan fingerprint density at radius 1 is 1.44 bits per heavy atom. The maximum absolute atomic E-state index is 5.82. The zero-order valence-corrected chi connectivity index (χ0v) is 10.8. The summed E-state index contributed by atoms with van der Waals surface area (Å²) in [4.78, 5) is 4.55. The topological polar surface area (TPSA) is 24.4 Å². The Kier molecular flexibility index (Phi) is 4.13. The number of hydrogen-bond donors (Lipinski definition) is 1. The number of nitrogens with zero attached hydrogens (tertiary/aromatic N) is 1. The average molecular weight is 255 g/mol. The third-order valence-corrected chi connectivity index (χ3v) is 3.90. The second-order valence-electron chi connectivity index (χ2n) is 3.81. The molecule has 1 atom stereocenters. The maximum atomic E-state index is 5.82. The van der Waals surface area contributed by atoms with Gasteiger partial charge in [-0.25, -0.2) is 0 Å².